The maximum Gasteiger partial charge on any atom is 0.315 e. The lowest BCUT2D eigenvalue weighted by molar-refractivity contribution is 0.231. The molecular formula is C16H20FN5O2. The van der Waals surface area contributed by atoms with Crippen LogP contribution in [0.5, 0.6) is 5.75 Å². The molecule has 2 atom stereocenters. The van der Waals surface area contributed by atoms with Crippen LogP contribution in [-0.2, 0) is 6.54 Å². The number of benzene rings is 1. The van der Waals surface area contributed by atoms with Crippen molar-refractivity contribution >= 4 is 6.03 Å². The predicted octanol–water partition coefficient (Wildman–Crippen LogP) is 2.02. The Balaban J connectivity index is 1.61. The molecule has 0 aliphatic carbocycles. The summed E-state index contributed by atoms with van der Waals surface area (Å²) < 4.78 is 20.6. The molecule has 0 saturated carbocycles. The van der Waals surface area contributed by atoms with Crippen LogP contribution in [0.3, 0.4) is 0 Å². The van der Waals surface area contributed by atoms with Gasteiger partial charge in [-0.25, -0.2) is 14.2 Å². The summed E-state index contributed by atoms with van der Waals surface area (Å²) in [7, 11) is 0. The Kier molecular flexibility index (Phi) is 4.93. The summed E-state index contributed by atoms with van der Waals surface area (Å²) in [6.07, 6.45) is 4.58. The highest BCUT2D eigenvalue weighted by Gasteiger charge is 2.22. The Bertz CT molecular complexity index is 692. The summed E-state index contributed by atoms with van der Waals surface area (Å²) >= 11 is 0. The number of rotatable bonds is 4. The quantitative estimate of drug-likeness (QED) is 0.897. The Morgan fingerprint density at radius 3 is 3.21 bits per heavy atom. The highest BCUT2D eigenvalue weighted by atomic mass is 19.1. The molecule has 2 N–H and O–H groups in total. The van der Waals surface area contributed by atoms with E-state index in [0.29, 0.717) is 18.9 Å². The van der Waals surface area contributed by atoms with E-state index in [-0.39, 0.29) is 23.9 Å². The summed E-state index contributed by atoms with van der Waals surface area (Å²) in [5.74, 6) is 0.147. The van der Waals surface area contributed by atoms with Gasteiger partial charge in [0.2, 0.25) is 0 Å². The van der Waals surface area contributed by atoms with E-state index < -0.39 is 0 Å². The minimum Gasteiger partial charge on any atom is -0.493 e. The SMILES string of the molecule is CC(Cn1cncn1)NC(=O)NC1CCCOc2cc(F)ccc21. The second-order valence-corrected chi connectivity index (χ2v) is 5.86. The number of nitrogens with one attached hydrogen (secondary N) is 2. The molecule has 128 valence electrons. The van der Waals surface area contributed by atoms with Gasteiger partial charge < -0.3 is 15.4 Å². The molecular weight excluding hydrogens is 313 g/mol. The molecule has 0 saturated heterocycles. The van der Waals surface area contributed by atoms with Crippen LogP contribution in [0.4, 0.5) is 9.18 Å². The fraction of sp³-hybridized carbons (Fsp3) is 0.438. The molecule has 1 aliphatic rings. The zero-order valence-corrected chi connectivity index (χ0v) is 13.4. The minimum atomic E-state index is -0.347. The van der Waals surface area contributed by atoms with Crippen molar-refractivity contribution in [3.05, 3.63) is 42.2 Å². The van der Waals surface area contributed by atoms with Gasteiger partial charge in [-0.3, -0.25) is 4.68 Å². The Hall–Kier alpha value is -2.64. The first-order valence-electron chi connectivity index (χ1n) is 7.93. The molecule has 2 amide bonds. The van der Waals surface area contributed by atoms with Crippen LogP contribution in [0.15, 0.2) is 30.9 Å². The Labute approximate surface area is 139 Å². The van der Waals surface area contributed by atoms with Crippen molar-refractivity contribution < 1.29 is 13.9 Å². The molecule has 7 nitrogen and oxygen atoms in total. The van der Waals surface area contributed by atoms with E-state index in [2.05, 4.69) is 20.7 Å². The number of nitrogens with zero attached hydrogens (tertiary/aromatic N) is 3. The van der Waals surface area contributed by atoms with Crippen LogP contribution in [0.25, 0.3) is 0 Å². The van der Waals surface area contributed by atoms with E-state index in [0.717, 1.165) is 18.4 Å². The Morgan fingerprint density at radius 1 is 1.54 bits per heavy atom. The van der Waals surface area contributed by atoms with Gasteiger partial charge in [-0.15, -0.1) is 0 Å². The van der Waals surface area contributed by atoms with E-state index in [1.54, 1.807) is 17.1 Å². The monoisotopic (exact) mass is 333 g/mol. The summed E-state index contributed by atoms with van der Waals surface area (Å²) in [5.41, 5.74) is 0.799. The highest BCUT2D eigenvalue weighted by Crippen LogP contribution is 2.31. The second-order valence-electron chi connectivity index (χ2n) is 5.86. The molecule has 1 aromatic heterocycles. The number of hydrogen-bond acceptors (Lipinski definition) is 4. The van der Waals surface area contributed by atoms with Crippen LogP contribution < -0.4 is 15.4 Å². The summed E-state index contributed by atoms with van der Waals surface area (Å²) in [5, 5.41) is 9.83. The first kappa shape index (κ1) is 16.2. The summed E-state index contributed by atoms with van der Waals surface area (Å²) in [4.78, 5) is 16.1. The van der Waals surface area contributed by atoms with Gasteiger partial charge in [0.05, 0.1) is 19.2 Å². The first-order valence-corrected chi connectivity index (χ1v) is 7.93. The molecule has 0 bridgehead atoms. The van der Waals surface area contributed by atoms with Gasteiger partial charge in [-0.05, 0) is 25.8 Å². The van der Waals surface area contributed by atoms with Gasteiger partial charge in [0.15, 0.2) is 0 Å². The number of urea groups is 1. The topological polar surface area (TPSA) is 81.1 Å². The number of carbonyl (C=O) groups is 1. The molecule has 2 heterocycles. The zero-order chi connectivity index (χ0) is 16.9. The largest absolute Gasteiger partial charge is 0.493 e. The maximum absolute atomic E-state index is 13.4. The molecule has 0 spiro atoms. The predicted molar refractivity (Wildman–Crippen MR) is 85.0 cm³/mol. The number of hydrogen-bond donors (Lipinski definition) is 2. The number of halogens is 1. The summed E-state index contributed by atoms with van der Waals surface area (Å²) in [6, 6.07) is 3.82. The van der Waals surface area contributed by atoms with Gasteiger partial charge in [-0.1, -0.05) is 6.07 Å². The third kappa shape index (κ3) is 4.01. The lowest BCUT2D eigenvalue weighted by atomic mass is 10.0. The van der Waals surface area contributed by atoms with Crippen molar-refractivity contribution in [3.8, 4) is 5.75 Å². The molecule has 2 unspecified atom stereocenters. The van der Waals surface area contributed by atoms with Crippen molar-refractivity contribution in [3.63, 3.8) is 0 Å². The molecule has 1 aromatic carbocycles. The second kappa shape index (κ2) is 7.29. The minimum absolute atomic E-state index is 0.110. The molecule has 8 heteroatoms. The van der Waals surface area contributed by atoms with Crippen LogP contribution in [0, 0.1) is 5.82 Å². The van der Waals surface area contributed by atoms with Crippen LogP contribution in [0.1, 0.15) is 31.4 Å². The number of carbonyl (C=O) groups excluding carboxylic acids is 1. The van der Waals surface area contributed by atoms with E-state index >= 15 is 0 Å². The van der Waals surface area contributed by atoms with Crippen molar-refractivity contribution in [2.75, 3.05) is 6.61 Å². The summed E-state index contributed by atoms with van der Waals surface area (Å²) in [6.45, 7) is 2.93. The van der Waals surface area contributed by atoms with Gasteiger partial charge in [0.1, 0.15) is 24.2 Å². The van der Waals surface area contributed by atoms with Gasteiger partial charge >= 0.3 is 6.03 Å². The first-order chi connectivity index (χ1) is 11.6. The molecule has 2 aromatic rings. The smallest absolute Gasteiger partial charge is 0.315 e. The number of aromatic nitrogens is 3. The maximum atomic E-state index is 13.4. The standard InChI is InChI=1S/C16H20FN5O2/c1-11(8-22-10-18-9-19-22)20-16(23)21-14-3-2-6-24-15-7-12(17)4-5-13(14)15/h4-5,7,9-11,14H,2-3,6,8H2,1H3,(H2,20,21,23). The van der Waals surface area contributed by atoms with Crippen LogP contribution in [0.2, 0.25) is 0 Å². The van der Waals surface area contributed by atoms with Crippen LogP contribution >= 0.6 is 0 Å². The normalized spacial score (nSPS) is 18.0. The van der Waals surface area contributed by atoms with Gasteiger partial charge in [-0.2, -0.15) is 5.10 Å². The van der Waals surface area contributed by atoms with E-state index in [9.17, 15) is 9.18 Å². The number of fused-ring (bicyclic) bond motifs is 1. The number of amides is 2. The van der Waals surface area contributed by atoms with E-state index in [4.69, 9.17) is 4.74 Å². The van der Waals surface area contributed by atoms with Crippen LogP contribution in [-0.4, -0.2) is 33.4 Å². The molecule has 24 heavy (non-hydrogen) atoms. The van der Waals surface area contributed by atoms with E-state index in [1.165, 1.54) is 18.5 Å². The average Bonchev–Trinajstić information content (AvgIpc) is 2.95. The third-order valence-electron chi connectivity index (χ3n) is 3.86. The lowest BCUT2D eigenvalue weighted by Crippen LogP contribution is -2.43. The highest BCUT2D eigenvalue weighted by molar-refractivity contribution is 5.74. The molecule has 1 aliphatic heterocycles. The van der Waals surface area contributed by atoms with Crippen molar-refractivity contribution in [2.45, 2.75) is 38.4 Å². The average molecular weight is 333 g/mol. The van der Waals surface area contributed by atoms with Crippen molar-refractivity contribution in [2.24, 2.45) is 0 Å². The molecule has 0 radical (unpaired) electrons. The Morgan fingerprint density at radius 2 is 2.42 bits per heavy atom. The molecule has 0 fully saturated rings. The number of ether oxygens (including phenoxy) is 1. The zero-order valence-electron chi connectivity index (χ0n) is 13.4. The van der Waals surface area contributed by atoms with Gasteiger partial charge in [0.25, 0.3) is 0 Å². The van der Waals surface area contributed by atoms with Gasteiger partial charge in [0, 0.05) is 17.7 Å². The third-order valence-corrected chi connectivity index (χ3v) is 3.86. The fourth-order valence-electron chi connectivity index (χ4n) is 2.77. The molecule has 3 rings (SSSR count). The fourth-order valence-corrected chi connectivity index (χ4v) is 2.77. The van der Waals surface area contributed by atoms with Crippen molar-refractivity contribution in [1.82, 2.24) is 25.4 Å². The van der Waals surface area contributed by atoms with Crippen molar-refractivity contribution in [1.29, 1.82) is 0 Å². The van der Waals surface area contributed by atoms with E-state index in [1.807, 2.05) is 6.92 Å². The lowest BCUT2D eigenvalue weighted by Gasteiger charge is -2.21.